The van der Waals surface area contributed by atoms with Crippen LogP contribution in [0.15, 0.2) is 72.8 Å². The topological polar surface area (TPSA) is 81.5 Å². The molecule has 0 radical (unpaired) electrons. The molecule has 0 saturated heterocycles. The minimum Gasteiger partial charge on any atom is -0.449 e. The fraction of sp³-hybridized carbons (Fsp3) is 0.125. The van der Waals surface area contributed by atoms with Gasteiger partial charge in [0, 0.05) is 23.6 Å². The van der Waals surface area contributed by atoms with Crippen LogP contribution in [0.3, 0.4) is 0 Å². The van der Waals surface area contributed by atoms with E-state index >= 15 is 0 Å². The zero-order valence-electron chi connectivity index (χ0n) is 16.5. The van der Waals surface area contributed by atoms with E-state index in [1.807, 2.05) is 24.3 Å². The Morgan fingerprint density at radius 1 is 1.06 bits per heavy atom. The smallest absolute Gasteiger partial charge is 0.407 e. The van der Waals surface area contributed by atoms with Crippen molar-refractivity contribution in [1.82, 2.24) is 5.32 Å². The summed E-state index contributed by atoms with van der Waals surface area (Å²) in [5.74, 6) is -0.00888. The van der Waals surface area contributed by atoms with Gasteiger partial charge in [0.1, 0.15) is 6.61 Å². The summed E-state index contributed by atoms with van der Waals surface area (Å²) in [6.07, 6.45) is 2.65. The molecule has 0 unspecified atom stereocenters. The zero-order chi connectivity index (χ0) is 21.8. The summed E-state index contributed by atoms with van der Waals surface area (Å²) in [5.41, 5.74) is 4.94. The Kier molecular flexibility index (Phi) is 6.00. The van der Waals surface area contributed by atoms with Crippen molar-refractivity contribution in [3.8, 4) is 11.1 Å². The van der Waals surface area contributed by atoms with Crippen LogP contribution in [0.5, 0.6) is 0 Å². The molecule has 6 nitrogen and oxygen atoms in total. The van der Waals surface area contributed by atoms with Gasteiger partial charge >= 0.3 is 6.09 Å². The number of amides is 1. The highest BCUT2D eigenvalue weighted by Crippen LogP contribution is 2.44. The molecule has 0 bridgehead atoms. The van der Waals surface area contributed by atoms with Gasteiger partial charge in [-0.05, 0) is 34.4 Å². The predicted octanol–water partition coefficient (Wildman–Crippen LogP) is 5.80. The maximum Gasteiger partial charge on any atom is 0.407 e. The molecule has 0 spiro atoms. The van der Waals surface area contributed by atoms with Gasteiger partial charge in [0.25, 0.3) is 5.69 Å². The van der Waals surface area contributed by atoms with E-state index in [1.54, 1.807) is 24.3 Å². The lowest BCUT2D eigenvalue weighted by Crippen LogP contribution is -2.26. The van der Waals surface area contributed by atoms with Crippen molar-refractivity contribution in [2.24, 2.45) is 0 Å². The standard InChI is InChI=1S/C24H19ClN2O4/c25-17-12-11-16(23(14-17)27(29)30)6-5-13-26-24(28)31-15-22-20-9-3-1-7-18(20)19-8-2-4-10-21(19)22/h1-12,14,22H,13,15H2,(H,26,28). The Labute approximate surface area is 184 Å². The number of nitrogens with one attached hydrogen (secondary N) is 1. The average Bonchev–Trinajstić information content (AvgIpc) is 3.10. The van der Waals surface area contributed by atoms with E-state index in [4.69, 9.17) is 16.3 Å². The lowest BCUT2D eigenvalue weighted by molar-refractivity contribution is -0.385. The average molecular weight is 435 g/mol. The first-order valence-corrected chi connectivity index (χ1v) is 10.1. The number of hydrogen-bond donors (Lipinski definition) is 1. The van der Waals surface area contributed by atoms with Crippen LogP contribution in [0, 0.1) is 10.1 Å². The number of nitro benzene ring substituents is 1. The maximum absolute atomic E-state index is 12.2. The van der Waals surface area contributed by atoms with Gasteiger partial charge in [-0.3, -0.25) is 10.1 Å². The molecule has 3 aromatic rings. The normalized spacial score (nSPS) is 12.4. The van der Waals surface area contributed by atoms with Crippen molar-refractivity contribution in [3.63, 3.8) is 0 Å². The molecule has 1 aliphatic carbocycles. The van der Waals surface area contributed by atoms with Crippen LogP contribution in [0.1, 0.15) is 22.6 Å². The first-order valence-electron chi connectivity index (χ1n) is 9.74. The molecule has 0 atom stereocenters. The van der Waals surface area contributed by atoms with E-state index < -0.39 is 11.0 Å². The van der Waals surface area contributed by atoms with Gasteiger partial charge in [-0.2, -0.15) is 0 Å². The van der Waals surface area contributed by atoms with E-state index in [1.165, 1.54) is 17.2 Å². The number of halogens is 1. The van der Waals surface area contributed by atoms with E-state index in [9.17, 15) is 14.9 Å². The van der Waals surface area contributed by atoms with Gasteiger partial charge in [-0.25, -0.2) is 4.79 Å². The molecule has 1 amide bonds. The summed E-state index contributed by atoms with van der Waals surface area (Å²) in [4.78, 5) is 22.8. The summed E-state index contributed by atoms with van der Waals surface area (Å²) < 4.78 is 5.46. The molecule has 0 aliphatic heterocycles. The van der Waals surface area contributed by atoms with Crippen LogP contribution in [0.25, 0.3) is 17.2 Å². The van der Waals surface area contributed by atoms with Crippen molar-refractivity contribution >= 4 is 29.5 Å². The molecule has 0 saturated carbocycles. The van der Waals surface area contributed by atoms with Crippen molar-refractivity contribution < 1.29 is 14.5 Å². The maximum atomic E-state index is 12.2. The highest BCUT2D eigenvalue weighted by molar-refractivity contribution is 6.30. The molecule has 1 N–H and O–H groups in total. The third-order valence-electron chi connectivity index (χ3n) is 5.19. The number of nitrogens with zero attached hydrogens (tertiary/aromatic N) is 1. The number of carbonyl (C=O) groups is 1. The molecule has 31 heavy (non-hydrogen) atoms. The van der Waals surface area contributed by atoms with Crippen LogP contribution in [0.2, 0.25) is 5.02 Å². The second-order valence-electron chi connectivity index (χ2n) is 7.07. The number of nitro groups is 1. The van der Waals surface area contributed by atoms with Crippen molar-refractivity contribution in [2.45, 2.75) is 5.92 Å². The van der Waals surface area contributed by atoms with Gasteiger partial charge in [-0.15, -0.1) is 0 Å². The number of ether oxygens (including phenoxy) is 1. The van der Waals surface area contributed by atoms with Crippen molar-refractivity contribution in [1.29, 1.82) is 0 Å². The Bertz CT molecular complexity index is 1130. The lowest BCUT2D eigenvalue weighted by atomic mass is 9.98. The highest BCUT2D eigenvalue weighted by atomic mass is 35.5. The monoisotopic (exact) mass is 434 g/mol. The molecule has 7 heteroatoms. The van der Waals surface area contributed by atoms with E-state index in [2.05, 4.69) is 29.6 Å². The third-order valence-corrected chi connectivity index (χ3v) is 5.43. The largest absolute Gasteiger partial charge is 0.449 e. The Morgan fingerprint density at radius 3 is 2.35 bits per heavy atom. The quantitative estimate of drug-likeness (QED) is 0.392. The number of benzene rings is 3. The Hall–Kier alpha value is -3.64. The molecular formula is C24H19ClN2O4. The van der Waals surface area contributed by atoms with Crippen molar-refractivity contribution in [3.05, 3.63) is 105 Å². The second-order valence-corrected chi connectivity index (χ2v) is 7.51. The van der Waals surface area contributed by atoms with Crippen LogP contribution < -0.4 is 5.32 Å². The fourth-order valence-electron chi connectivity index (χ4n) is 3.79. The first kappa shape index (κ1) is 20.6. The van der Waals surface area contributed by atoms with E-state index in [0.717, 1.165) is 11.1 Å². The number of fused-ring (bicyclic) bond motifs is 3. The van der Waals surface area contributed by atoms with E-state index in [0.29, 0.717) is 10.6 Å². The molecule has 0 aromatic heterocycles. The number of carbonyl (C=O) groups excluding carboxylic acids is 1. The Morgan fingerprint density at radius 2 is 1.71 bits per heavy atom. The van der Waals surface area contributed by atoms with Gasteiger partial charge in [0.2, 0.25) is 0 Å². The molecule has 0 heterocycles. The number of alkyl carbamates (subject to hydrolysis) is 1. The van der Waals surface area contributed by atoms with Gasteiger partial charge in [0.05, 0.1) is 10.5 Å². The molecular weight excluding hydrogens is 416 g/mol. The second kappa shape index (κ2) is 9.02. The number of rotatable bonds is 6. The van der Waals surface area contributed by atoms with E-state index in [-0.39, 0.29) is 24.8 Å². The summed E-state index contributed by atoms with van der Waals surface area (Å²) in [6, 6.07) is 20.7. The van der Waals surface area contributed by atoms with Crippen LogP contribution in [-0.2, 0) is 4.74 Å². The zero-order valence-corrected chi connectivity index (χ0v) is 17.2. The molecule has 3 aromatic carbocycles. The third kappa shape index (κ3) is 4.44. The summed E-state index contributed by atoms with van der Waals surface area (Å²) in [6.45, 7) is 0.405. The van der Waals surface area contributed by atoms with Crippen LogP contribution in [0.4, 0.5) is 10.5 Å². The molecule has 1 aliphatic rings. The fourth-order valence-corrected chi connectivity index (χ4v) is 3.96. The SMILES string of the molecule is O=C(NCC=Cc1ccc(Cl)cc1[N+](=O)[O-])OCC1c2ccccc2-c2ccccc21. The summed E-state index contributed by atoms with van der Waals surface area (Å²) in [5, 5.41) is 14.1. The molecule has 4 rings (SSSR count). The molecule has 156 valence electrons. The van der Waals surface area contributed by atoms with Crippen molar-refractivity contribution in [2.75, 3.05) is 13.2 Å². The molecule has 0 fully saturated rings. The van der Waals surface area contributed by atoms with Crippen LogP contribution >= 0.6 is 11.6 Å². The van der Waals surface area contributed by atoms with Crippen LogP contribution in [-0.4, -0.2) is 24.2 Å². The summed E-state index contributed by atoms with van der Waals surface area (Å²) in [7, 11) is 0. The lowest BCUT2D eigenvalue weighted by Gasteiger charge is -2.14. The minimum atomic E-state index is -0.544. The minimum absolute atomic E-state index is 0.00888. The predicted molar refractivity (Wildman–Crippen MR) is 120 cm³/mol. The number of hydrogen-bond acceptors (Lipinski definition) is 4. The summed E-state index contributed by atoms with van der Waals surface area (Å²) >= 11 is 5.81. The van der Waals surface area contributed by atoms with Gasteiger partial charge < -0.3 is 10.1 Å². The first-order chi connectivity index (χ1) is 15.0. The van der Waals surface area contributed by atoms with Gasteiger partial charge in [0.15, 0.2) is 0 Å². The Balaban J connectivity index is 1.35. The van der Waals surface area contributed by atoms with Gasteiger partial charge in [-0.1, -0.05) is 72.3 Å². The highest BCUT2D eigenvalue weighted by Gasteiger charge is 2.28.